The molecule has 1 amide bonds. The first-order valence-electron chi connectivity index (χ1n) is 10.8. The minimum atomic E-state index is -6.12. The van der Waals surface area contributed by atoms with E-state index in [0.29, 0.717) is 23.5 Å². The van der Waals surface area contributed by atoms with E-state index < -0.39 is 53.5 Å². The number of hydrogen-bond donors (Lipinski definition) is 3. The Kier molecular flexibility index (Phi) is 7.94. The van der Waals surface area contributed by atoms with Crippen LogP contribution in [-0.2, 0) is 5.60 Å². The van der Waals surface area contributed by atoms with E-state index in [9.17, 15) is 51.3 Å². The number of hydrogen-bond acceptors (Lipinski definition) is 8. The molecule has 8 nitrogen and oxygen atoms in total. The summed E-state index contributed by atoms with van der Waals surface area (Å²) in [7, 11) is 0. The molecule has 0 bridgehead atoms. The van der Waals surface area contributed by atoms with Crippen molar-refractivity contribution in [3.63, 3.8) is 0 Å². The number of alkyl halides is 6. The van der Waals surface area contributed by atoms with Crippen molar-refractivity contribution in [1.29, 1.82) is 0 Å². The second-order valence-electron chi connectivity index (χ2n) is 8.69. The van der Waals surface area contributed by atoms with Crippen molar-refractivity contribution in [2.75, 3.05) is 13.1 Å². The Bertz CT molecular complexity index is 1140. The second kappa shape index (κ2) is 10.2. The van der Waals surface area contributed by atoms with Gasteiger partial charge < -0.3 is 25.0 Å². The maximum Gasteiger partial charge on any atom is 0.430 e. The third-order valence-corrected chi connectivity index (χ3v) is 6.56. The number of thiazole rings is 1. The van der Waals surface area contributed by atoms with Gasteiger partial charge >= 0.3 is 12.4 Å². The van der Waals surface area contributed by atoms with Crippen LogP contribution in [-0.4, -0.2) is 81.2 Å². The molecule has 15 heteroatoms. The number of likely N-dealkylation sites (tertiary alicyclic amines) is 1. The SMILES string of the molecule is CC(C)Oc1cc(C(O)(C(F)(F)F)C(F)(F)F)ccc1-c1sc(C(=O)N2C[C@H](O)C[C@H](O)C2)nc1C=O. The largest absolute Gasteiger partial charge is 0.490 e. The van der Waals surface area contributed by atoms with E-state index in [1.165, 1.54) is 13.8 Å². The number of nitrogens with zero attached hydrogens (tertiary/aromatic N) is 2. The normalized spacial score (nSPS) is 19.3. The molecule has 1 aromatic carbocycles. The molecule has 2 aromatic rings. The fourth-order valence-electron chi connectivity index (χ4n) is 3.82. The predicted molar refractivity (Wildman–Crippen MR) is 117 cm³/mol. The first-order valence-corrected chi connectivity index (χ1v) is 11.6. The van der Waals surface area contributed by atoms with Crippen LogP contribution >= 0.6 is 11.3 Å². The Balaban J connectivity index is 2.13. The lowest BCUT2D eigenvalue weighted by atomic mass is 9.91. The molecule has 0 saturated carbocycles. The number of β-amino-alcohol motifs (C(OH)–C–C–N with tert-alkyl or cyclic N) is 2. The van der Waals surface area contributed by atoms with Gasteiger partial charge in [0.25, 0.3) is 11.5 Å². The van der Waals surface area contributed by atoms with Crippen molar-refractivity contribution >= 4 is 23.5 Å². The van der Waals surface area contributed by atoms with Gasteiger partial charge in [0, 0.05) is 30.6 Å². The summed E-state index contributed by atoms with van der Waals surface area (Å²) < 4.78 is 85.9. The van der Waals surface area contributed by atoms with Gasteiger partial charge in [-0.25, -0.2) is 4.98 Å². The molecule has 37 heavy (non-hydrogen) atoms. The fourth-order valence-corrected chi connectivity index (χ4v) is 4.85. The van der Waals surface area contributed by atoms with Crippen LogP contribution in [0.25, 0.3) is 10.4 Å². The van der Waals surface area contributed by atoms with E-state index >= 15 is 0 Å². The number of aliphatic hydroxyl groups excluding tert-OH is 2. The third kappa shape index (κ3) is 5.58. The minimum absolute atomic E-state index is 0.0525. The van der Waals surface area contributed by atoms with Crippen LogP contribution in [0.3, 0.4) is 0 Å². The van der Waals surface area contributed by atoms with Crippen LogP contribution in [0, 0.1) is 0 Å². The summed E-state index contributed by atoms with van der Waals surface area (Å²) in [5.41, 5.74) is -7.24. The molecule has 0 unspecified atom stereocenters. The molecule has 0 spiro atoms. The van der Waals surface area contributed by atoms with Crippen LogP contribution in [0.2, 0.25) is 0 Å². The van der Waals surface area contributed by atoms with E-state index in [4.69, 9.17) is 4.74 Å². The second-order valence-corrected chi connectivity index (χ2v) is 9.69. The number of rotatable bonds is 6. The third-order valence-electron chi connectivity index (χ3n) is 5.47. The molecule has 1 fully saturated rings. The van der Waals surface area contributed by atoms with Crippen molar-refractivity contribution in [1.82, 2.24) is 9.88 Å². The van der Waals surface area contributed by atoms with Crippen LogP contribution in [0.5, 0.6) is 5.75 Å². The molecule has 3 N–H and O–H groups in total. The molecular weight excluding hydrogens is 534 g/mol. The molecule has 0 radical (unpaired) electrons. The monoisotopic (exact) mass is 556 g/mol. The van der Waals surface area contributed by atoms with Crippen molar-refractivity contribution in [3.05, 3.63) is 34.5 Å². The highest BCUT2D eigenvalue weighted by Gasteiger charge is 2.71. The predicted octanol–water partition coefficient (Wildman–Crippen LogP) is 3.29. The Labute approximate surface area is 210 Å². The smallest absolute Gasteiger partial charge is 0.430 e. The summed E-state index contributed by atoms with van der Waals surface area (Å²) in [5.74, 6) is -1.27. The van der Waals surface area contributed by atoms with E-state index in [0.717, 1.165) is 11.0 Å². The fraction of sp³-hybridized carbons (Fsp3) is 0.500. The summed E-state index contributed by atoms with van der Waals surface area (Å²) in [4.78, 5) is 29.6. The molecule has 1 aliphatic rings. The van der Waals surface area contributed by atoms with Crippen molar-refractivity contribution in [2.24, 2.45) is 0 Å². The summed E-state index contributed by atoms with van der Waals surface area (Å²) in [6, 6.07) is 1.58. The van der Waals surface area contributed by atoms with Gasteiger partial charge in [0.2, 0.25) is 0 Å². The molecule has 0 aliphatic carbocycles. The number of aromatic nitrogens is 1. The average Bonchev–Trinajstić information content (AvgIpc) is 3.19. The van der Waals surface area contributed by atoms with Crippen LogP contribution in [0.1, 0.15) is 46.1 Å². The zero-order valence-corrected chi connectivity index (χ0v) is 20.1. The number of ether oxygens (including phenoxy) is 1. The molecule has 1 saturated heterocycles. The first-order chi connectivity index (χ1) is 17.0. The lowest BCUT2D eigenvalue weighted by Crippen LogP contribution is -2.53. The minimum Gasteiger partial charge on any atom is -0.490 e. The Morgan fingerprint density at radius 3 is 2.19 bits per heavy atom. The summed E-state index contributed by atoms with van der Waals surface area (Å²) in [6.07, 6.45) is -14.7. The van der Waals surface area contributed by atoms with E-state index in [-0.39, 0.29) is 46.9 Å². The van der Waals surface area contributed by atoms with Crippen LogP contribution in [0.4, 0.5) is 26.3 Å². The summed E-state index contributed by atoms with van der Waals surface area (Å²) in [5, 5.41) is 29.2. The van der Waals surface area contributed by atoms with Gasteiger partial charge in [0.15, 0.2) is 11.3 Å². The molecule has 1 aliphatic heterocycles. The summed E-state index contributed by atoms with van der Waals surface area (Å²) >= 11 is 0.623. The number of carbonyl (C=O) groups is 2. The number of aliphatic hydroxyl groups is 3. The van der Waals surface area contributed by atoms with Crippen molar-refractivity contribution in [3.8, 4) is 16.2 Å². The standard InChI is InChI=1S/C22H22F6N2O6S/c1-10(2)36-16-5-11(20(35,21(23,24)25)22(26,27)28)3-4-14(16)17-15(9-31)29-18(37-17)19(34)30-7-12(32)6-13(33)8-30/h3-5,9-10,12-13,32-33,35H,6-8H2,1-2H3/t12-,13+. The van der Waals surface area contributed by atoms with E-state index in [2.05, 4.69) is 4.98 Å². The van der Waals surface area contributed by atoms with Gasteiger partial charge in [0.1, 0.15) is 11.4 Å². The molecule has 2 heterocycles. The molecule has 1 aromatic heterocycles. The number of amides is 1. The Morgan fingerprint density at radius 1 is 1.14 bits per heavy atom. The maximum atomic E-state index is 13.4. The molecule has 2 atom stereocenters. The van der Waals surface area contributed by atoms with Gasteiger partial charge in [-0.1, -0.05) is 6.07 Å². The average molecular weight is 556 g/mol. The maximum absolute atomic E-state index is 13.4. The molecule has 204 valence electrons. The van der Waals surface area contributed by atoms with Crippen LogP contribution in [0.15, 0.2) is 18.2 Å². The van der Waals surface area contributed by atoms with E-state index in [1.54, 1.807) is 0 Å². The number of aldehydes is 1. The van der Waals surface area contributed by atoms with Gasteiger partial charge in [-0.15, -0.1) is 11.3 Å². The van der Waals surface area contributed by atoms with E-state index in [1.807, 2.05) is 0 Å². The van der Waals surface area contributed by atoms with Gasteiger partial charge in [-0.05, 0) is 26.0 Å². The van der Waals surface area contributed by atoms with Crippen molar-refractivity contribution < 1.29 is 56.0 Å². The highest BCUT2D eigenvalue weighted by Crippen LogP contribution is 2.51. The highest BCUT2D eigenvalue weighted by atomic mass is 32.1. The lowest BCUT2D eigenvalue weighted by molar-refractivity contribution is -0.376. The lowest BCUT2D eigenvalue weighted by Gasteiger charge is -2.33. The van der Waals surface area contributed by atoms with Gasteiger partial charge in [-0.3, -0.25) is 9.59 Å². The zero-order valence-electron chi connectivity index (χ0n) is 19.3. The Hall–Kier alpha value is -2.75. The number of piperidine rings is 1. The Morgan fingerprint density at radius 2 is 1.70 bits per heavy atom. The zero-order chi connectivity index (χ0) is 27.9. The van der Waals surface area contributed by atoms with Crippen molar-refractivity contribution in [2.45, 2.75) is 56.5 Å². The number of benzene rings is 1. The number of halogens is 6. The highest BCUT2D eigenvalue weighted by molar-refractivity contribution is 7.17. The molecular formula is C22H22F6N2O6S. The quantitative estimate of drug-likeness (QED) is 0.369. The van der Waals surface area contributed by atoms with Gasteiger partial charge in [0.05, 0.1) is 23.2 Å². The molecule has 3 rings (SSSR count). The first kappa shape index (κ1) is 28.8. The topological polar surface area (TPSA) is 120 Å². The number of carbonyl (C=O) groups excluding carboxylic acids is 2. The van der Waals surface area contributed by atoms with Gasteiger partial charge in [-0.2, -0.15) is 26.3 Å². The van der Waals surface area contributed by atoms with Crippen LogP contribution < -0.4 is 4.74 Å². The summed E-state index contributed by atoms with van der Waals surface area (Å²) in [6.45, 7) is 2.66.